The average Bonchev–Trinajstić information content (AvgIpc) is 3.74. The van der Waals surface area contributed by atoms with E-state index in [1.165, 1.54) is 16.6 Å². The molecule has 0 spiro atoms. The highest BCUT2D eigenvalue weighted by atomic mass is 32.2. The largest absolute Gasteiger partial charge is 0.459 e. The SMILES string of the molecule is CCCSc1nc(SCCC)c2nn([C@@H]3O[C@H](COC(=O)c4ccccc4)[C@@H](OC(=O)c4ccccc4)[C@H]3OC(=O)c3ccccc3)nc2n1. The van der Waals surface area contributed by atoms with Gasteiger partial charge in [0.25, 0.3) is 0 Å². The van der Waals surface area contributed by atoms with Gasteiger partial charge in [0.1, 0.15) is 17.7 Å². The summed E-state index contributed by atoms with van der Waals surface area (Å²) in [5.74, 6) is -0.323. The minimum Gasteiger partial charge on any atom is -0.459 e. The van der Waals surface area contributed by atoms with Crippen LogP contribution >= 0.6 is 23.5 Å². The molecule has 2 aromatic heterocycles. The van der Waals surface area contributed by atoms with Crippen molar-refractivity contribution in [2.75, 3.05) is 18.1 Å². The van der Waals surface area contributed by atoms with Crippen LogP contribution in [0.4, 0.5) is 0 Å². The molecular formula is C36H35N5O7S2. The first kappa shape index (κ1) is 35.1. The smallest absolute Gasteiger partial charge is 0.338 e. The van der Waals surface area contributed by atoms with Crippen molar-refractivity contribution in [3.63, 3.8) is 0 Å². The Balaban J connectivity index is 1.39. The fourth-order valence-electron chi connectivity index (χ4n) is 5.10. The quantitative estimate of drug-likeness (QED) is 0.0410. The van der Waals surface area contributed by atoms with Gasteiger partial charge in [-0.05, 0) is 55.0 Å². The maximum absolute atomic E-state index is 13.5. The summed E-state index contributed by atoms with van der Waals surface area (Å²) in [5.41, 5.74) is 1.68. The highest BCUT2D eigenvalue weighted by Crippen LogP contribution is 2.36. The fraction of sp³-hybridized carbons (Fsp3) is 0.306. The number of aromatic nitrogens is 5. The lowest BCUT2D eigenvalue weighted by Crippen LogP contribution is -2.41. The molecular weight excluding hydrogens is 679 g/mol. The Hall–Kier alpha value is -4.79. The van der Waals surface area contributed by atoms with E-state index in [1.807, 2.05) is 0 Å². The van der Waals surface area contributed by atoms with Crippen LogP contribution in [0.3, 0.4) is 0 Å². The Morgan fingerprint density at radius 1 is 0.700 bits per heavy atom. The second-order valence-electron chi connectivity index (χ2n) is 11.2. The molecule has 5 aromatic rings. The summed E-state index contributed by atoms with van der Waals surface area (Å²) in [4.78, 5) is 50.7. The Bertz CT molecular complexity index is 1910. The predicted molar refractivity (Wildman–Crippen MR) is 187 cm³/mol. The summed E-state index contributed by atoms with van der Waals surface area (Å²) in [6.07, 6.45) is -2.89. The standard InChI is InChI=1S/C36H35N5O7S2/c1-3-20-49-31-27-30(37-36(38-31)50-21-4-2)40-41(39-27)32-29(48-35(44)25-18-12-7-13-19-25)28(47-34(43)24-16-10-6-11-17-24)26(46-32)22-45-33(42)23-14-8-5-9-15-23/h5-19,26,28-29,32H,3-4,20-22H2,1-2H3/t26-,28-,29-,32-/m1/s1. The van der Waals surface area contributed by atoms with Crippen molar-refractivity contribution in [2.24, 2.45) is 0 Å². The van der Waals surface area contributed by atoms with Gasteiger partial charge in [0.05, 0.1) is 16.7 Å². The van der Waals surface area contributed by atoms with Crippen molar-refractivity contribution in [3.8, 4) is 0 Å². The molecule has 0 aliphatic carbocycles. The summed E-state index contributed by atoms with van der Waals surface area (Å²) in [5, 5.41) is 10.6. The zero-order valence-corrected chi connectivity index (χ0v) is 29.0. The third kappa shape index (κ3) is 8.32. The number of nitrogens with zero attached hydrogens (tertiary/aromatic N) is 5. The van der Waals surface area contributed by atoms with E-state index in [-0.39, 0.29) is 17.7 Å². The number of hydrogen-bond acceptors (Lipinski definition) is 13. The third-order valence-corrected chi connectivity index (χ3v) is 9.72. The van der Waals surface area contributed by atoms with Crippen LogP contribution < -0.4 is 0 Å². The van der Waals surface area contributed by atoms with E-state index in [0.29, 0.717) is 26.9 Å². The summed E-state index contributed by atoms with van der Waals surface area (Å²) in [7, 11) is 0. The molecule has 0 N–H and O–H groups in total. The van der Waals surface area contributed by atoms with Crippen molar-refractivity contribution >= 4 is 52.6 Å². The lowest BCUT2D eigenvalue weighted by Gasteiger charge is -2.24. The van der Waals surface area contributed by atoms with Crippen molar-refractivity contribution in [3.05, 3.63) is 108 Å². The maximum atomic E-state index is 13.5. The fourth-order valence-corrected chi connectivity index (χ4v) is 6.67. The Morgan fingerprint density at radius 3 is 1.82 bits per heavy atom. The lowest BCUT2D eigenvalue weighted by molar-refractivity contribution is -0.0728. The molecule has 1 saturated heterocycles. The molecule has 0 bridgehead atoms. The van der Waals surface area contributed by atoms with Gasteiger partial charge in [-0.25, -0.2) is 19.4 Å². The maximum Gasteiger partial charge on any atom is 0.338 e. The molecule has 1 aliphatic heterocycles. The predicted octanol–water partition coefficient (Wildman–Crippen LogP) is 6.43. The molecule has 6 rings (SSSR count). The number of carbonyl (C=O) groups is 3. The Labute approximate surface area is 297 Å². The molecule has 0 unspecified atom stereocenters. The number of rotatable bonds is 14. The van der Waals surface area contributed by atoms with Crippen LogP contribution in [-0.2, 0) is 18.9 Å². The highest BCUT2D eigenvalue weighted by molar-refractivity contribution is 7.99. The second kappa shape index (κ2) is 16.7. The zero-order valence-electron chi connectivity index (χ0n) is 27.4. The van der Waals surface area contributed by atoms with E-state index in [9.17, 15) is 14.4 Å². The van der Waals surface area contributed by atoms with Gasteiger partial charge >= 0.3 is 17.9 Å². The molecule has 4 atom stereocenters. The van der Waals surface area contributed by atoms with Crippen LogP contribution in [0.5, 0.6) is 0 Å². The van der Waals surface area contributed by atoms with Crippen LogP contribution in [0.15, 0.2) is 101 Å². The van der Waals surface area contributed by atoms with Crippen LogP contribution in [-0.4, -0.2) is 79.3 Å². The summed E-state index contributed by atoms with van der Waals surface area (Å²) in [6.45, 7) is 3.83. The van der Waals surface area contributed by atoms with Crippen LogP contribution in [0, 0.1) is 0 Å². The van der Waals surface area contributed by atoms with Crippen molar-refractivity contribution in [1.29, 1.82) is 0 Å². The third-order valence-electron chi connectivity index (χ3n) is 7.50. The molecule has 1 aliphatic rings. The number of thioether (sulfide) groups is 2. The van der Waals surface area contributed by atoms with Gasteiger partial charge in [0, 0.05) is 5.75 Å². The number of carbonyl (C=O) groups excluding carboxylic acids is 3. The number of benzene rings is 3. The van der Waals surface area contributed by atoms with E-state index in [2.05, 4.69) is 23.9 Å². The molecule has 1 fully saturated rings. The van der Waals surface area contributed by atoms with E-state index in [1.54, 1.807) is 103 Å². The molecule has 12 nitrogen and oxygen atoms in total. The number of esters is 3. The van der Waals surface area contributed by atoms with Crippen LogP contribution in [0.25, 0.3) is 11.2 Å². The molecule has 50 heavy (non-hydrogen) atoms. The second-order valence-corrected chi connectivity index (χ2v) is 13.3. The molecule has 0 radical (unpaired) electrons. The molecule has 3 aromatic carbocycles. The van der Waals surface area contributed by atoms with Gasteiger partial charge in [-0.1, -0.05) is 80.2 Å². The van der Waals surface area contributed by atoms with Gasteiger partial charge < -0.3 is 18.9 Å². The molecule has 3 heterocycles. The van der Waals surface area contributed by atoms with Gasteiger partial charge in [-0.2, -0.15) is 4.98 Å². The summed E-state index contributed by atoms with van der Waals surface area (Å²) < 4.78 is 24.2. The van der Waals surface area contributed by atoms with Crippen molar-refractivity contribution in [2.45, 2.75) is 61.4 Å². The first-order valence-corrected chi connectivity index (χ1v) is 18.2. The molecule has 0 amide bonds. The van der Waals surface area contributed by atoms with Crippen LogP contribution in [0.2, 0.25) is 0 Å². The number of ether oxygens (including phenoxy) is 4. The molecule has 258 valence electrons. The number of fused-ring (bicyclic) bond motifs is 1. The average molecular weight is 714 g/mol. The Morgan fingerprint density at radius 2 is 1.24 bits per heavy atom. The highest BCUT2D eigenvalue weighted by Gasteiger charge is 2.52. The van der Waals surface area contributed by atoms with Gasteiger partial charge in [0.15, 0.2) is 22.9 Å². The number of hydrogen-bond donors (Lipinski definition) is 0. The first-order chi connectivity index (χ1) is 24.4. The lowest BCUT2D eigenvalue weighted by atomic mass is 10.1. The Kier molecular flexibility index (Phi) is 11.7. The van der Waals surface area contributed by atoms with E-state index >= 15 is 0 Å². The van der Waals surface area contributed by atoms with E-state index < -0.39 is 42.4 Å². The molecule has 14 heteroatoms. The van der Waals surface area contributed by atoms with Gasteiger partial charge in [-0.15, -0.1) is 26.8 Å². The normalized spacial score (nSPS) is 18.5. The van der Waals surface area contributed by atoms with Crippen LogP contribution in [0.1, 0.15) is 64.0 Å². The van der Waals surface area contributed by atoms with Crippen molar-refractivity contribution in [1.82, 2.24) is 25.0 Å². The minimum atomic E-state index is -1.26. The summed E-state index contributed by atoms with van der Waals surface area (Å²) in [6, 6.07) is 25.3. The zero-order chi connectivity index (χ0) is 34.9. The van der Waals surface area contributed by atoms with Gasteiger partial charge in [-0.3, -0.25) is 0 Å². The first-order valence-electron chi connectivity index (χ1n) is 16.2. The topological polar surface area (TPSA) is 145 Å². The van der Waals surface area contributed by atoms with Gasteiger partial charge in [0.2, 0.25) is 11.9 Å². The van der Waals surface area contributed by atoms with E-state index in [4.69, 9.17) is 29.0 Å². The summed E-state index contributed by atoms with van der Waals surface area (Å²) >= 11 is 3.07. The minimum absolute atomic E-state index is 0.275. The monoisotopic (exact) mass is 713 g/mol. The molecule has 0 saturated carbocycles. The van der Waals surface area contributed by atoms with Crippen molar-refractivity contribution < 1.29 is 33.3 Å². The van der Waals surface area contributed by atoms with E-state index in [0.717, 1.165) is 24.3 Å².